The molecular formula is C27H26N4O5. The van der Waals surface area contributed by atoms with Crippen LogP contribution in [0.15, 0.2) is 77.6 Å². The van der Waals surface area contributed by atoms with Crippen molar-refractivity contribution in [2.75, 3.05) is 24.6 Å². The third-order valence-corrected chi connectivity index (χ3v) is 6.33. The van der Waals surface area contributed by atoms with Crippen LogP contribution in [0.3, 0.4) is 0 Å². The number of nitro groups is 1. The van der Waals surface area contributed by atoms with Crippen molar-refractivity contribution in [1.29, 1.82) is 0 Å². The highest BCUT2D eigenvalue weighted by molar-refractivity contribution is 5.79. The molecule has 1 fully saturated rings. The number of hydrogen-bond donors (Lipinski definition) is 1. The number of nitro benzene ring substituents is 1. The third kappa shape index (κ3) is 4.92. The first-order valence-electron chi connectivity index (χ1n) is 11.9. The summed E-state index contributed by atoms with van der Waals surface area (Å²) < 4.78 is 7.15. The van der Waals surface area contributed by atoms with E-state index in [-0.39, 0.29) is 24.4 Å². The standard InChI is InChI=1S/C27H26N4O5/c32-22(18-36-23-11-8-20(9-12-23)19-6-2-1-3-7-19)17-30-25-16-21(31(34)35)10-13-24(25)28-26(27(30)33)29-14-4-5-15-29/h1-3,6-13,16,22,32H,4-5,14-15,17-18H2. The molecule has 0 bridgehead atoms. The van der Waals surface area contributed by atoms with Crippen LogP contribution in [-0.4, -0.2) is 45.4 Å². The minimum absolute atomic E-state index is 0.0467. The number of nitrogens with zero attached hydrogens (tertiary/aromatic N) is 4. The first-order chi connectivity index (χ1) is 17.5. The molecule has 9 heteroatoms. The lowest BCUT2D eigenvalue weighted by Gasteiger charge is -2.20. The van der Waals surface area contributed by atoms with Gasteiger partial charge < -0.3 is 19.3 Å². The maximum Gasteiger partial charge on any atom is 0.294 e. The van der Waals surface area contributed by atoms with E-state index in [0.717, 1.165) is 37.1 Å². The molecule has 0 saturated carbocycles. The Kier molecular flexibility index (Phi) is 6.64. The van der Waals surface area contributed by atoms with Crippen LogP contribution in [0.2, 0.25) is 0 Å². The molecule has 1 aliphatic rings. The van der Waals surface area contributed by atoms with Crippen molar-refractivity contribution in [3.63, 3.8) is 0 Å². The van der Waals surface area contributed by atoms with Gasteiger partial charge in [0.2, 0.25) is 0 Å². The molecule has 5 rings (SSSR count). The number of benzene rings is 3. The number of ether oxygens (including phenoxy) is 1. The molecular weight excluding hydrogens is 460 g/mol. The molecule has 3 aromatic carbocycles. The monoisotopic (exact) mass is 486 g/mol. The van der Waals surface area contributed by atoms with Crippen LogP contribution >= 0.6 is 0 Å². The van der Waals surface area contributed by atoms with Crippen LogP contribution in [-0.2, 0) is 6.54 Å². The van der Waals surface area contributed by atoms with Crippen LogP contribution in [0.5, 0.6) is 5.75 Å². The van der Waals surface area contributed by atoms with E-state index in [1.165, 1.54) is 16.7 Å². The Morgan fingerprint density at radius 3 is 2.39 bits per heavy atom. The second-order valence-electron chi connectivity index (χ2n) is 8.83. The Labute approximate surface area is 207 Å². The van der Waals surface area contributed by atoms with Gasteiger partial charge >= 0.3 is 0 Å². The fourth-order valence-electron chi connectivity index (χ4n) is 4.47. The highest BCUT2D eigenvalue weighted by atomic mass is 16.6. The fraction of sp³-hybridized carbons (Fsp3) is 0.259. The van der Waals surface area contributed by atoms with Crippen molar-refractivity contribution in [3.05, 3.63) is 93.3 Å². The number of anilines is 1. The number of rotatable bonds is 8. The molecule has 1 aromatic heterocycles. The summed E-state index contributed by atoms with van der Waals surface area (Å²) in [6, 6.07) is 21.8. The smallest absolute Gasteiger partial charge is 0.294 e. The van der Waals surface area contributed by atoms with Gasteiger partial charge in [-0.3, -0.25) is 14.9 Å². The van der Waals surface area contributed by atoms with Gasteiger partial charge in [0.1, 0.15) is 18.5 Å². The second-order valence-corrected chi connectivity index (χ2v) is 8.83. The summed E-state index contributed by atoms with van der Waals surface area (Å²) in [6.07, 6.45) is 0.922. The number of hydrogen-bond acceptors (Lipinski definition) is 7. The summed E-state index contributed by atoms with van der Waals surface area (Å²) >= 11 is 0. The van der Waals surface area contributed by atoms with Crippen molar-refractivity contribution in [3.8, 4) is 16.9 Å². The Bertz CT molecular complexity index is 1430. The average molecular weight is 487 g/mol. The molecule has 0 amide bonds. The van der Waals surface area contributed by atoms with Crippen LogP contribution < -0.4 is 15.2 Å². The lowest BCUT2D eigenvalue weighted by molar-refractivity contribution is -0.384. The molecule has 0 radical (unpaired) electrons. The molecule has 4 aromatic rings. The molecule has 1 aliphatic heterocycles. The molecule has 1 saturated heterocycles. The van der Waals surface area contributed by atoms with Crippen molar-refractivity contribution in [2.24, 2.45) is 0 Å². The number of aliphatic hydroxyl groups excluding tert-OH is 1. The minimum Gasteiger partial charge on any atom is -0.491 e. The largest absolute Gasteiger partial charge is 0.491 e. The zero-order chi connectivity index (χ0) is 25.1. The number of non-ortho nitro benzene ring substituents is 1. The predicted octanol–water partition coefficient (Wildman–Crippen LogP) is 4.01. The second kappa shape index (κ2) is 10.2. The van der Waals surface area contributed by atoms with Gasteiger partial charge in [0, 0.05) is 25.2 Å². The van der Waals surface area contributed by atoms with Crippen LogP contribution in [0, 0.1) is 10.1 Å². The van der Waals surface area contributed by atoms with Gasteiger partial charge in [0.25, 0.3) is 11.2 Å². The van der Waals surface area contributed by atoms with Gasteiger partial charge in [-0.1, -0.05) is 42.5 Å². The summed E-state index contributed by atoms with van der Waals surface area (Å²) in [7, 11) is 0. The SMILES string of the molecule is O=c1c(N2CCCC2)nc2ccc([N+](=O)[O-])cc2n1CC(O)COc1ccc(-c2ccccc2)cc1. The van der Waals surface area contributed by atoms with Gasteiger partial charge in [-0.15, -0.1) is 0 Å². The van der Waals surface area contributed by atoms with E-state index in [2.05, 4.69) is 4.98 Å². The maximum absolute atomic E-state index is 13.4. The summed E-state index contributed by atoms with van der Waals surface area (Å²) in [5.41, 5.74) is 2.40. The Hall–Kier alpha value is -4.24. The number of aromatic nitrogens is 2. The Morgan fingerprint density at radius 2 is 1.69 bits per heavy atom. The molecule has 2 heterocycles. The topological polar surface area (TPSA) is 111 Å². The molecule has 0 spiro atoms. The summed E-state index contributed by atoms with van der Waals surface area (Å²) in [6.45, 7) is 1.33. The molecule has 36 heavy (non-hydrogen) atoms. The van der Waals surface area contributed by atoms with Crippen LogP contribution in [0.25, 0.3) is 22.2 Å². The van der Waals surface area contributed by atoms with E-state index in [0.29, 0.717) is 22.6 Å². The molecule has 1 atom stereocenters. The quantitative estimate of drug-likeness (QED) is 0.296. The van der Waals surface area contributed by atoms with E-state index in [9.17, 15) is 20.0 Å². The maximum atomic E-state index is 13.4. The highest BCUT2D eigenvalue weighted by Gasteiger charge is 2.22. The normalized spacial score (nSPS) is 14.2. The molecule has 0 aliphatic carbocycles. The van der Waals surface area contributed by atoms with Gasteiger partial charge in [0.15, 0.2) is 5.82 Å². The highest BCUT2D eigenvalue weighted by Crippen LogP contribution is 2.24. The van der Waals surface area contributed by atoms with Crippen molar-refractivity contribution in [1.82, 2.24) is 9.55 Å². The summed E-state index contributed by atoms with van der Waals surface area (Å²) in [4.78, 5) is 30.6. The van der Waals surface area contributed by atoms with Crippen molar-refractivity contribution < 1.29 is 14.8 Å². The van der Waals surface area contributed by atoms with Crippen LogP contribution in [0.1, 0.15) is 12.8 Å². The zero-order valence-corrected chi connectivity index (χ0v) is 19.6. The van der Waals surface area contributed by atoms with E-state index in [1.54, 1.807) is 6.07 Å². The van der Waals surface area contributed by atoms with E-state index in [4.69, 9.17) is 4.74 Å². The molecule has 1 N–H and O–H groups in total. The number of fused-ring (bicyclic) bond motifs is 1. The average Bonchev–Trinajstić information content (AvgIpc) is 3.44. The van der Waals surface area contributed by atoms with E-state index < -0.39 is 11.0 Å². The van der Waals surface area contributed by atoms with E-state index in [1.807, 2.05) is 59.5 Å². The fourth-order valence-corrected chi connectivity index (χ4v) is 4.47. The van der Waals surface area contributed by atoms with Crippen LogP contribution in [0.4, 0.5) is 11.5 Å². The number of aliphatic hydroxyl groups is 1. The lowest BCUT2D eigenvalue weighted by atomic mass is 10.1. The Morgan fingerprint density at radius 1 is 1.00 bits per heavy atom. The lowest BCUT2D eigenvalue weighted by Crippen LogP contribution is -2.35. The molecule has 1 unspecified atom stereocenters. The van der Waals surface area contributed by atoms with Crippen molar-refractivity contribution in [2.45, 2.75) is 25.5 Å². The van der Waals surface area contributed by atoms with Crippen molar-refractivity contribution >= 4 is 22.5 Å². The first-order valence-corrected chi connectivity index (χ1v) is 11.9. The Balaban J connectivity index is 1.37. The zero-order valence-electron chi connectivity index (χ0n) is 19.6. The first kappa shape index (κ1) is 23.5. The van der Waals surface area contributed by atoms with Gasteiger partial charge in [0.05, 0.1) is 22.5 Å². The van der Waals surface area contributed by atoms with Gasteiger partial charge in [-0.2, -0.15) is 0 Å². The van der Waals surface area contributed by atoms with Gasteiger partial charge in [-0.05, 0) is 42.2 Å². The predicted molar refractivity (Wildman–Crippen MR) is 137 cm³/mol. The van der Waals surface area contributed by atoms with E-state index >= 15 is 0 Å². The summed E-state index contributed by atoms with van der Waals surface area (Å²) in [5.74, 6) is 0.896. The minimum atomic E-state index is -1.02. The van der Waals surface area contributed by atoms with Gasteiger partial charge in [-0.25, -0.2) is 4.98 Å². The molecule has 9 nitrogen and oxygen atoms in total. The summed E-state index contributed by atoms with van der Waals surface area (Å²) in [5, 5.41) is 22.1. The molecule has 184 valence electrons. The third-order valence-electron chi connectivity index (χ3n) is 6.33.